The Morgan fingerprint density at radius 3 is 2.61 bits per heavy atom. The Bertz CT molecular complexity index is 577. The van der Waals surface area contributed by atoms with Gasteiger partial charge in [0.1, 0.15) is 17.2 Å². The number of amides is 1. The molecular weight excluding hydrogens is 236 g/mol. The van der Waals surface area contributed by atoms with Gasteiger partial charge in [-0.15, -0.1) is 0 Å². The summed E-state index contributed by atoms with van der Waals surface area (Å²) in [6, 6.07) is 6.71. The Kier molecular flexibility index (Phi) is 3.18. The van der Waals surface area contributed by atoms with E-state index in [1.54, 1.807) is 25.3 Å². The van der Waals surface area contributed by atoms with Gasteiger partial charge in [-0.3, -0.25) is 4.79 Å². The first-order valence-electron chi connectivity index (χ1n) is 5.14. The molecule has 0 unspecified atom stereocenters. The Morgan fingerprint density at radius 1 is 1.28 bits per heavy atom. The van der Waals surface area contributed by atoms with Gasteiger partial charge < -0.3 is 19.7 Å². The maximum Gasteiger partial charge on any atom is 0.287 e. The van der Waals surface area contributed by atoms with Crippen LogP contribution >= 0.6 is 0 Å². The number of aromatic nitrogens is 1. The SMILES string of the molecule is COc1ccc(-c2cc(C(N)=O)on2)c(OC)c1. The molecule has 0 bridgehead atoms. The second-order valence-corrected chi connectivity index (χ2v) is 3.51. The molecule has 0 radical (unpaired) electrons. The zero-order valence-corrected chi connectivity index (χ0v) is 9.97. The fourth-order valence-electron chi connectivity index (χ4n) is 1.53. The molecule has 1 aromatic carbocycles. The number of primary amides is 1. The zero-order valence-electron chi connectivity index (χ0n) is 9.97. The molecule has 0 aliphatic rings. The van der Waals surface area contributed by atoms with E-state index in [9.17, 15) is 4.79 Å². The number of ether oxygens (including phenoxy) is 2. The lowest BCUT2D eigenvalue weighted by Crippen LogP contribution is -2.09. The Morgan fingerprint density at radius 2 is 2.06 bits per heavy atom. The van der Waals surface area contributed by atoms with Crippen molar-refractivity contribution in [3.8, 4) is 22.8 Å². The zero-order chi connectivity index (χ0) is 13.1. The fraction of sp³-hybridized carbons (Fsp3) is 0.167. The normalized spacial score (nSPS) is 10.1. The Labute approximate surface area is 103 Å². The highest BCUT2D eigenvalue weighted by molar-refractivity contribution is 5.91. The molecule has 0 aliphatic carbocycles. The van der Waals surface area contributed by atoms with Crippen molar-refractivity contribution in [3.63, 3.8) is 0 Å². The molecule has 0 spiro atoms. The number of hydrogen-bond acceptors (Lipinski definition) is 5. The summed E-state index contributed by atoms with van der Waals surface area (Å²) < 4.78 is 15.2. The van der Waals surface area contributed by atoms with Crippen molar-refractivity contribution in [2.45, 2.75) is 0 Å². The quantitative estimate of drug-likeness (QED) is 0.884. The van der Waals surface area contributed by atoms with E-state index in [0.717, 1.165) is 0 Å². The smallest absolute Gasteiger partial charge is 0.287 e. The second kappa shape index (κ2) is 4.79. The van der Waals surface area contributed by atoms with Crippen molar-refractivity contribution in [2.24, 2.45) is 5.73 Å². The first-order valence-corrected chi connectivity index (χ1v) is 5.14. The van der Waals surface area contributed by atoms with Crippen LogP contribution in [-0.2, 0) is 0 Å². The van der Waals surface area contributed by atoms with Gasteiger partial charge in [-0.25, -0.2) is 0 Å². The summed E-state index contributed by atoms with van der Waals surface area (Å²) >= 11 is 0. The molecule has 0 fully saturated rings. The predicted molar refractivity (Wildman–Crippen MR) is 63.6 cm³/mol. The van der Waals surface area contributed by atoms with Crippen molar-refractivity contribution in [2.75, 3.05) is 14.2 Å². The van der Waals surface area contributed by atoms with Crippen LogP contribution < -0.4 is 15.2 Å². The topological polar surface area (TPSA) is 87.6 Å². The molecule has 6 nitrogen and oxygen atoms in total. The van der Waals surface area contributed by atoms with Crippen LogP contribution in [0.2, 0.25) is 0 Å². The molecule has 1 amide bonds. The fourth-order valence-corrected chi connectivity index (χ4v) is 1.53. The van der Waals surface area contributed by atoms with Gasteiger partial charge in [0.15, 0.2) is 0 Å². The van der Waals surface area contributed by atoms with E-state index in [4.69, 9.17) is 19.7 Å². The van der Waals surface area contributed by atoms with E-state index >= 15 is 0 Å². The molecule has 0 aliphatic heterocycles. The second-order valence-electron chi connectivity index (χ2n) is 3.51. The largest absolute Gasteiger partial charge is 0.497 e. The first kappa shape index (κ1) is 12.0. The van der Waals surface area contributed by atoms with E-state index < -0.39 is 5.91 Å². The lowest BCUT2D eigenvalue weighted by Gasteiger charge is -2.07. The summed E-state index contributed by atoms with van der Waals surface area (Å²) in [6.07, 6.45) is 0. The van der Waals surface area contributed by atoms with Gasteiger partial charge in [0, 0.05) is 17.7 Å². The highest BCUT2D eigenvalue weighted by Gasteiger charge is 2.14. The van der Waals surface area contributed by atoms with Crippen molar-refractivity contribution in [3.05, 3.63) is 30.0 Å². The number of nitrogens with two attached hydrogens (primary N) is 1. The van der Waals surface area contributed by atoms with Crippen molar-refractivity contribution < 1.29 is 18.8 Å². The first-order chi connectivity index (χ1) is 8.65. The Hall–Kier alpha value is -2.50. The third-order valence-electron chi connectivity index (χ3n) is 2.44. The highest BCUT2D eigenvalue weighted by Crippen LogP contribution is 2.32. The number of benzene rings is 1. The minimum Gasteiger partial charge on any atom is -0.497 e. The summed E-state index contributed by atoms with van der Waals surface area (Å²) in [5.41, 5.74) is 6.26. The van der Waals surface area contributed by atoms with E-state index in [0.29, 0.717) is 22.8 Å². The number of methoxy groups -OCH3 is 2. The van der Waals surface area contributed by atoms with E-state index in [-0.39, 0.29) is 5.76 Å². The van der Waals surface area contributed by atoms with Crippen LogP contribution in [0.1, 0.15) is 10.6 Å². The average molecular weight is 248 g/mol. The summed E-state index contributed by atoms with van der Waals surface area (Å²) in [4.78, 5) is 10.9. The molecule has 1 heterocycles. The van der Waals surface area contributed by atoms with E-state index in [1.165, 1.54) is 13.2 Å². The van der Waals surface area contributed by atoms with Gasteiger partial charge in [0.05, 0.1) is 14.2 Å². The van der Waals surface area contributed by atoms with Crippen LogP contribution in [0.5, 0.6) is 11.5 Å². The maximum absolute atomic E-state index is 10.9. The molecule has 18 heavy (non-hydrogen) atoms. The monoisotopic (exact) mass is 248 g/mol. The third-order valence-corrected chi connectivity index (χ3v) is 2.44. The van der Waals surface area contributed by atoms with Crippen LogP contribution in [0.15, 0.2) is 28.8 Å². The minimum atomic E-state index is -0.666. The average Bonchev–Trinajstić information content (AvgIpc) is 2.87. The molecule has 0 saturated carbocycles. The van der Waals surface area contributed by atoms with Gasteiger partial charge in [-0.05, 0) is 12.1 Å². The third kappa shape index (κ3) is 2.13. The highest BCUT2D eigenvalue weighted by atomic mass is 16.5. The van der Waals surface area contributed by atoms with Gasteiger partial charge in [-0.1, -0.05) is 5.16 Å². The minimum absolute atomic E-state index is 0.00266. The number of nitrogens with zero attached hydrogens (tertiary/aromatic N) is 1. The van der Waals surface area contributed by atoms with Gasteiger partial charge in [0.25, 0.3) is 5.91 Å². The molecule has 2 rings (SSSR count). The van der Waals surface area contributed by atoms with Gasteiger partial charge >= 0.3 is 0 Å². The van der Waals surface area contributed by atoms with Crippen molar-refractivity contribution in [1.29, 1.82) is 0 Å². The number of rotatable bonds is 4. The summed E-state index contributed by atoms with van der Waals surface area (Å²) in [6.45, 7) is 0. The van der Waals surface area contributed by atoms with Gasteiger partial charge in [0.2, 0.25) is 5.76 Å². The molecule has 2 N–H and O–H groups in total. The lowest BCUT2D eigenvalue weighted by atomic mass is 10.1. The van der Waals surface area contributed by atoms with Crippen LogP contribution in [-0.4, -0.2) is 25.3 Å². The van der Waals surface area contributed by atoms with Crippen LogP contribution in [0, 0.1) is 0 Å². The van der Waals surface area contributed by atoms with Crippen LogP contribution in [0.4, 0.5) is 0 Å². The molecule has 0 saturated heterocycles. The predicted octanol–water partition coefficient (Wildman–Crippen LogP) is 1.46. The number of hydrogen-bond donors (Lipinski definition) is 1. The molecule has 2 aromatic rings. The van der Waals surface area contributed by atoms with Crippen molar-refractivity contribution in [1.82, 2.24) is 5.16 Å². The number of carbonyl (C=O) groups is 1. The molecule has 6 heteroatoms. The summed E-state index contributed by atoms with van der Waals surface area (Å²) in [5, 5.41) is 3.78. The summed E-state index contributed by atoms with van der Waals surface area (Å²) in [7, 11) is 3.10. The maximum atomic E-state index is 10.9. The van der Waals surface area contributed by atoms with Crippen LogP contribution in [0.3, 0.4) is 0 Å². The van der Waals surface area contributed by atoms with E-state index in [2.05, 4.69) is 5.16 Å². The molecular formula is C12H12N2O4. The molecule has 94 valence electrons. The molecule has 1 aromatic heterocycles. The van der Waals surface area contributed by atoms with Crippen molar-refractivity contribution >= 4 is 5.91 Å². The van der Waals surface area contributed by atoms with E-state index in [1.807, 2.05) is 0 Å². The standard InChI is InChI=1S/C12H12N2O4/c1-16-7-3-4-8(10(5-7)17-2)9-6-11(12(13)15)18-14-9/h3-6H,1-2H3,(H2,13,15). The molecule has 0 atom stereocenters. The van der Waals surface area contributed by atoms with Crippen LogP contribution in [0.25, 0.3) is 11.3 Å². The lowest BCUT2D eigenvalue weighted by molar-refractivity contribution is 0.0965. The Balaban J connectivity index is 2.45. The van der Waals surface area contributed by atoms with Gasteiger partial charge in [-0.2, -0.15) is 0 Å². The summed E-state index contributed by atoms with van der Waals surface area (Å²) in [5.74, 6) is 0.567. The number of carbonyl (C=O) groups excluding carboxylic acids is 1.